The minimum Gasteiger partial charge on any atom is -0.276 e. The molecule has 2 nitrogen and oxygen atoms in total. The molecule has 0 aliphatic rings. The highest BCUT2D eigenvalue weighted by Crippen LogP contribution is 1.76. The summed E-state index contributed by atoms with van der Waals surface area (Å²) in [7, 11) is 0. The molecule has 0 aliphatic carbocycles. The molecule has 0 N–H and O–H groups in total. The van der Waals surface area contributed by atoms with Crippen LogP contribution in [0.3, 0.4) is 0 Å². The van der Waals surface area contributed by atoms with Gasteiger partial charge in [0.2, 0.25) is 0 Å². The number of hydrogen-bond acceptors (Lipinski definition) is 2. The second-order valence-corrected chi connectivity index (χ2v) is 0.605. The van der Waals surface area contributed by atoms with Gasteiger partial charge in [-0.3, -0.25) is 4.39 Å². The molecule has 0 radical (unpaired) electrons. The van der Waals surface area contributed by atoms with Crippen LogP contribution in [0.1, 0.15) is 0 Å². The van der Waals surface area contributed by atoms with Gasteiger partial charge in [-0.15, -0.1) is 0 Å². The van der Waals surface area contributed by atoms with Crippen LogP contribution in [0.25, 0.3) is 0 Å². The molecule has 0 aromatic carbocycles. The van der Waals surface area contributed by atoms with Gasteiger partial charge in [0.05, 0.1) is 0 Å². The van der Waals surface area contributed by atoms with Crippen LogP contribution in [0.15, 0.2) is 5.16 Å². The molecular formula is CHCl2NO. The van der Waals surface area contributed by atoms with Crippen LogP contribution in [0, 0.1) is 0 Å². The third-order valence-corrected chi connectivity index (χ3v) is 0.239. The molecule has 4 heteroatoms. The topological polar surface area (TPSA) is 21.6 Å². The van der Waals surface area contributed by atoms with Gasteiger partial charge in [0.15, 0.2) is 11.9 Å². The lowest BCUT2D eigenvalue weighted by Crippen LogP contribution is -1.50. The van der Waals surface area contributed by atoms with E-state index < -0.39 is 0 Å². The van der Waals surface area contributed by atoms with Crippen molar-refractivity contribution in [2.45, 2.75) is 0 Å². The normalized spacial score (nSPS) is 9.20. The number of rotatable bonds is 1. The summed E-state index contributed by atoms with van der Waals surface area (Å²) >= 11 is 9.32. The van der Waals surface area contributed by atoms with Gasteiger partial charge in [0, 0.05) is 0 Å². The van der Waals surface area contributed by atoms with Crippen molar-refractivity contribution in [3.63, 3.8) is 0 Å². The van der Waals surface area contributed by atoms with E-state index in [0.717, 1.165) is 5.67 Å². The Kier molecular flexibility index (Phi) is 4.09. The minimum absolute atomic E-state index is 0.924. The maximum absolute atomic E-state index is 4.80. The Morgan fingerprint density at radius 2 is 2.40 bits per heavy atom. The van der Waals surface area contributed by atoms with Crippen LogP contribution in [0.5, 0.6) is 0 Å². The zero-order valence-corrected chi connectivity index (χ0v) is 3.70. The molecule has 0 fully saturated rings. The molecule has 0 rings (SSSR count). The van der Waals surface area contributed by atoms with Crippen molar-refractivity contribution < 1.29 is 4.39 Å². The van der Waals surface area contributed by atoms with Crippen molar-refractivity contribution in [1.82, 2.24) is 0 Å². The molecular weight excluding hydrogens is 113 g/mol. The summed E-state index contributed by atoms with van der Waals surface area (Å²) in [4.78, 5) is 0. The lowest BCUT2D eigenvalue weighted by Gasteiger charge is -1.67. The molecule has 0 unspecified atom stereocenters. The number of nitrogens with zero attached hydrogens (tertiary/aromatic N) is 1. The molecule has 0 spiro atoms. The lowest BCUT2D eigenvalue weighted by molar-refractivity contribution is 0.385. The Balaban J connectivity index is 2.62. The summed E-state index contributed by atoms with van der Waals surface area (Å²) in [5.41, 5.74) is 0.924. The fourth-order valence-corrected chi connectivity index (χ4v) is 0.136. The predicted molar refractivity (Wildman–Crippen MR) is 21.3 cm³/mol. The molecule has 0 aromatic rings. The standard InChI is InChI=1S/CHCl2NO/c2-1-4-5-3/h1H/b4-1-. The van der Waals surface area contributed by atoms with Crippen LogP contribution in [-0.4, -0.2) is 5.67 Å². The van der Waals surface area contributed by atoms with E-state index in [4.69, 9.17) is 11.6 Å². The van der Waals surface area contributed by atoms with Gasteiger partial charge >= 0.3 is 0 Å². The van der Waals surface area contributed by atoms with E-state index in [2.05, 4.69) is 21.4 Å². The van der Waals surface area contributed by atoms with E-state index in [-0.39, 0.29) is 0 Å². The first-order chi connectivity index (χ1) is 2.41. The van der Waals surface area contributed by atoms with Crippen LogP contribution < -0.4 is 0 Å². The highest BCUT2D eigenvalue weighted by molar-refractivity contribution is 6.56. The summed E-state index contributed by atoms with van der Waals surface area (Å²) in [6.07, 6.45) is 0. The first kappa shape index (κ1) is 5.05. The van der Waals surface area contributed by atoms with Crippen molar-refractivity contribution in [3.8, 4) is 0 Å². The second-order valence-electron chi connectivity index (χ2n) is 0.272. The molecule has 0 saturated carbocycles. The van der Waals surface area contributed by atoms with Crippen molar-refractivity contribution in [3.05, 3.63) is 0 Å². The summed E-state index contributed by atoms with van der Waals surface area (Å²) in [6.45, 7) is 0. The average Bonchev–Trinajstić information content (AvgIpc) is 1.41. The maximum atomic E-state index is 4.80. The monoisotopic (exact) mass is 113 g/mol. The molecule has 0 aromatic heterocycles. The summed E-state index contributed by atoms with van der Waals surface area (Å²) in [5.74, 6) is 0. The van der Waals surface area contributed by atoms with E-state index in [1.54, 1.807) is 0 Å². The lowest BCUT2D eigenvalue weighted by atomic mass is 11.7. The van der Waals surface area contributed by atoms with Gasteiger partial charge in [-0.1, -0.05) is 16.8 Å². The largest absolute Gasteiger partial charge is 0.276 e. The van der Waals surface area contributed by atoms with E-state index in [1.807, 2.05) is 0 Å². The van der Waals surface area contributed by atoms with Crippen LogP contribution in [0.2, 0.25) is 0 Å². The van der Waals surface area contributed by atoms with E-state index in [0.29, 0.717) is 0 Å². The Bertz CT molecular complexity index is 36.6. The fraction of sp³-hybridized carbons (Fsp3) is 0. The smallest absolute Gasteiger partial charge is 0.167 e. The molecule has 0 aliphatic heterocycles. The van der Waals surface area contributed by atoms with Crippen LogP contribution >= 0.6 is 23.5 Å². The maximum Gasteiger partial charge on any atom is 0.167 e. The number of oxime groups is 1. The SMILES string of the molecule is Cl/C=N\OCl. The molecule has 0 saturated heterocycles. The van der Waals surface area contributed by atoms with Gasteiger partial charge in [-0.25, -0.2) is 0 Å². The van der Waals surface area contributed by atoms with Gasteiger partial charge < -0.3 is 0 Å². The summed E-state index contributed by atoms with van der Waals surface area (Å²) in [6, 6.07) is 0. The molecule has 0 heterocycles. The second kappa shape index (κ2) is 4.05. The predicted octanol–water partition coefficient (Wildman–Crippen LogP) is 1.34. The van der Waals surface area contributed by atoms with Gasteiger partial charge in [-0.2, -0.15) is 0 Å². The Morgan fingerprint density at radius 3 is 2.40 bits per heavy atom. The average molecular weight is 114 g/mol. The van der Waals surface area contributed by atoms with E-state index in [9.17, 15) is 0 Å². The Morgan fingerprint density at radius 1 is 1.80 bits per heavy atom. The number of hydrogen-bond donors (Lipinski definition) is 0. The third-order valence-electron chi connectivity index (χ3n) is 0.0797. The van der Waals surface area contributed by atoms with Gasteiger partial charge in [0.25, 0.3) is 0 Å². The molecule has 0 amide bonds. The molecule has 0 bridgehead atoms. The Hall–Kier alpha value is 0.0500. The van der Waals surface area contributed by atoms with Gasteiger partial charge in [0.1, 0.15) is 5.67 Å². The highest BCUT2D eigenvalue weighted by atomic mass is 35.5. The van der Waals surface area contributed by atoms with Crippen molar-refractivity contribution in [1.29, 1.82) is 0 Å². The quantitative estimate of drug-likeness (QED) is 0.372. The summed E-state index contributed by atoms with van der Waals surface area (Å²) < 4.78 is 3.60. The van der Waals surface area contributed by atoms with Gasteiger partial charge in [-0.05, 0) is 0 Å². The molecule has 30 valence electrons. The Labute approximate surface area is 39.5 Å². The zero-order chi connectivity index (χ0) is 4.12. The molecule has 5 heavy (non-hydrogen) atoms. The molecule has 0 atom stereocenters. The minimum atomic E-state index is 0.924. The van der Waals surface area contributed by atoms with Crippen LogP contribution in [-0.2, 0) is 4.39 Å². The van der Waals surface area contributed by atoms with Crippen molar-refractivity contribution >= 4 is 29.1 Å². The summed E-state index contributed by atoms with van der Waals surface area (Å²) in [5, 5.41) is 2.88. The highest BCUT2D eigenvalue weighted by Gasteiger charge is 1.53. The van der Waals surface area contributed by atoms with Crippen LogP contribution in [0.4, 0.5) is 0 Å². The van der Waals surface area contributed by atoms with E-state index in [1.165, 1.54) is 0 Å². The van der Waals surface area contributed by atoms with Crippen molar-refractivity contribution in [2.24, 2.45) is 5.16 Å². The fourth-order valence-electron chi connectivity index (χ4n) is 0.0151. The first-order valence-corrected chi connectivity index (χ1v) is 1.56. The first-order valence-electron chi connectivity index (χ1n) is 0.813. The zero-order valence-electron chi connectivity index (χ0n) is 2.19. The number of halogens is 2. The third kappa shape index (κ3) is 4.05. The van der Waals surface area contributed by atoms with E-state index >= 15 is 0 Å². The van der Waals surface area contributed by atoms with Crippen molar-refractivity contribution in [2.75, 3.05) is 0 Å².